The highest BCUT2D eigenvalue weighted by Crippen LogP contribution is 2.40. The quantitative estimate of drug-likeness (QED) is 0.417. The van der Waals surface area contributed by atoms with E-state index in [0.717, 1.165) is 12.1 Å². The van der Waals surface area contributed by atoms with Gasteiger partial charge in [0.05, 0.1) is 18.7 Å². The van der Waals surface area contributed by atoms with Crippen LogP contribution in [-0.2, 0) is 11.4 Å². The van der Waals surface area contributed by atoms with E-state index in [1.165, 1.54) is 7.11 Å². The lowest BCUT2D eigenvalue weighted by atomic mass is 9.69. The molecule has 0 bridgehead atoms. The summed E-state index contributed by atoms with van der Waals surface area (Å²) in [5.74, 6) is -0.0698. The Labute approximate surface area is 196 Å². The molecule has 3 N–H and O–H groups in total. The van der Waals surface area contributed by atoms with Crippen molar-refractivity contribution in [2.45, 2.75) is 25.9 Å². The standard InChI is InChI=1S/C24H27N5O5/c1-25-17-5-7-19(8-6-17)34-14-18-13-29(28-27-18)20-9-4-16(12-21(20)33-2)22(30)26-15-24(23(31)32)10-3-11-24/h4-9,12-13,25H,3,10-11,14-15H2,1-2H3,(H,26,30)(H,31,32). The molecule has 1 aromatic heterocycles. The second-order valence-corrected chi connectivity index (χ2v) is 8.23. The molecule has 0 spiro atoms. The highest BCUT2D eigenvalue weighted by atomic mass is 16.5. The maximum absolute atomic E-state index is 12.6. The summed E-state index contributed by atoms with van der Waals surface area (Å²) in [6.45, 7) is 0.350. The third kappa shape index (κ3) is 4.80. The van der Waals surface area contributed by atoms with Crippen LogP contribution in [0.25, 0.3) is 5.69 Å². The fourth-order valence-electron chi connectivity index (χ4n) is 3.79. The number of benzene rings is 2. The van der Waals surface area contributed by atoms with Crippen LogP contribution < -0.4 is 20.1 Å². The summed E-state index contributed by atoms with van der Waals surface area (Å²) in [6.07, 6.45) is 3.74. The molecule has 34 heavy (non-hydrogen) atoms. The van der Waals surface area contributed by atoms with Crippen LogP contribution in [0.5, 0.6) is 11.5 Å². The molecule has 1 amide bonds. The van der Waals surface area contributed by atoms with Crippen LogP contribution in [-0.4, -0.2) is 52.7 Å². The molecule has 178 valence electrons. The van der Waals surface area contributed by atoms with Crippen molar-refractivity contribution >= 4 is 17.6 Å². The lowest BCUT2D eigenvalue weighted by molar-refractivity contribution is -0.153. The number of anilines is 1. The molecule has 0 radical (unpaired) electrons. The van der Waals surface area contributed by atoms with E-state index in [4.69, 9.17) is 9.47 Å². The van der Waals surface area contributed by atoms with Gasteiger partial charge in [-0.3, -0.25) is 9.59 Å². The number of aliphatic carboxylic acids is 1. The van der Waals surface area contributed by atoms with Gasteiger partial charge in [0, 0.05) is 24.8 Å². The van der Waals surface area contributed by atoms with Gasteiger partial charge in [-0.05, 0) is 55.3 Å². The third-order valence-corrected chi connectivity index (χ3v) is 6.11. The van der Waals surface area contributed by atoms with E-state index in [1.54, 1.807) is 29.1 Å². The molecular weight excluding hydrogens is 438 g/mol. The number of carboxylic acids is 1. The van der Waals surface area contributed by atoms with Gasteiger partial charge >= 0.3 is 5.97 Å². The predicted octanol–water partition coefficient (Wildman–Crippen LogP) is 2.88. The van der Waals surface area contributed by atoms with Gasteiger partial charge < -0.3 is 25.2 Å². The number of carboxylic acid groups (broad SMARTS) is 1. The zero-order valence-electron chi connectivity index (χ0n) is 19.1. The molecule has 2 aromatic carbocycles. The van der Waals surface area contributed by atoms with Crippen LogP contribution in [0.15, 0.2) is 48.7 Å². The molecule has 0 atom stereocenters. The summed E-state index contributed by atoms with van der Waals surface area (Å²) < 4.78 is 12.8. The fourth-order valence-corrected chi connectivity index (χ4v) is 3.79. The van der Waals surface area contributed by atoms with Crippen molar-refractivity contribution < 1.29 is 24.2 Å². The van der Waals surface area contributed by atoms with Crippen molar-refractivity contribution in [3.8, 4) is 17.2 Å². The molecule has 1 fully saturated rings. The molecular formula is C24H27N5O5. The van der Waals surface area contributed by atoms with E-state index in [-0.39, 0.29) is 19.1 Å². The topological polar surface area (TPSA) is 128 Å². The Hall–Kier alpha value is -4.08. The number of hydrogen-bond donors (Lipinski definition) is 3. The van der Waals surface area contributed by atoms with E-state index >= 15 is 0 Å². The Bertz CT molecular complexity index is 1170. The Kier molecular flexibility index (Phi) is 6.67. The van der Waals surface area contributed by atoms with E-state index in [0.29, 0.717) is 41.3 Å². The van der Waals surface area contributed by atoms with Crippen molar-refractivity contribution in [1.29, 1.82) is 0 Å². The number of hydrogen-bond acceptors (Lipinski definition) is 7. The smallest absolute Gasteiger partial charge is 0.311 e. The van der Waals surface area contributed by atoms with Crippen molar-refractivity contribution in [3.05, 3.63) is 59.9 Å². The summed E-state index contributed by atoms with van der Waals surface area (Å²) in [4.78, 5) is 24.1. The first-order chi connectivity index (χ1) is 16.4. The second kappa shape index (κ2) is 9.82. The number of carbonyl (C=O) groups excluding carboxylic acids is 1. The molecule has 1 heterocycles. The van der Waals surface area contributed by atoms with Gasteiger partial charge in [0.2, 0.25) is 0 Å². The lowest BCUT2D eigenvalue weighted by Crippen LogP contribution is -2.47. The number of nitrogens with zero attached hydrogens (tertiary/aromatic N) is 3. The second-order valence-electron chi connectivity index (χ2n) is 8.23. The van der Waals surface area contributed by atoms with Crippen molar-refractivity contribution in [2.24, 2.45) is 5.41 Å². The van der Waals surface area contributed by atoms with E-state index < -0.39 is 11.4 Å². The van der Waals surface area contributed by atoms with Gasteiger partial charge in [0.15, 0.2) is 0 Å². The molecule has 0 aliphatic heterocycles. The van der Waals surface area contributed by atoms with Crippen molar-refractivity contribution in [3.63, 3.8) is 0 Å². The average molecular weight is 466 g/mol. The van der Waals surface area contributed by atoms with Crippen LogP contribution in [0.4, 0.5) is 5.69 Å². The van der Waals surface area contributed by atoms with Gasteiger partial charge in [-0.2, -0.15) is 0 Å². The molecule has 1 saturated carbocycles. The largest absolute Gasteiger partial charge is 0.494 e. The minimum atomic E-state index is -0.868. The highest BCUT2D eigenvalue weighted by molar-refractivity contribution is 5.95. The highest BCUT2D eigenvalue weighted by Gasteiger charge is 2.44. The van der Waals surface area contributed by atoms with Crippen molar-refractivity contribution in [2.75, 3.05) is 26.0 Å². The van der Waals surface area contributed by atoms with Gasteiger partial charge in [0.1, 0.15) is 29.5 Å². The van der Waals surface area contributed by atoms with Gasteiger partial charge in [-0.25, -0.2) is 4.68 Å². The number of aromatic nitrogens is 3. The zero-order valence-corrected chi connectivity index (χ0v) is 19.1. The molecule has 1 aliphatic rings. The predicted molar refractivity (Wildman–Crippen MR) is 124 cm³/mol. The summed E-state index contributed by atoms with van der Waals surface area (Å²) >= 11 is 0. The fraction of sp³-hybridized carbons (Fsp3) is 0.333. The minimum absolute atomic E-state index is 0.107. The molecule has 4 rings (SSSR count). The Morgan fingerprint density at radius 1 is 1.18 bits per heavy atom. The number of carbonyl (C=O) groups is 2. The summed E-state index contributed by atoms with van der Waals surface area (Å²) in [5.41, 5.74) is 1.74. The molecule has 10 heteroatoms. The SMILES string of the molecule is CNc1ccc(OCc2cn(-c3ccc(C(=O)NCC4(C(=O)O)CCC4)cc3OC)nn2)cc1. The van der Waals surface area contributed by atoms with Gasteiger partial charge in [0.25, 0.3) is 5.91 Å². The molecule has 0 unspecified atom stereocenters. The van der Waals surface area contributed by atoms with Gasteiger partial charge in [-0.1, -0.05) is 11.6 Å². The van der Waals surface area contributed by atoms with Crippen LogP contribution >= 0.6 is 0 Å². The van der Waals surface area contributed by atoms with Gasteiger partial charge in [-0.15, -0.1) is 5.10 Å². The monoisotopic (exact) mass is 465 g/mol. The third-order valence-electron chi connectivity index (χ3n) is 6.11. The van der Waals surface area contributed by atoms with E-state index in [2.05, 4.69) is 20.9 Å². The number of methoxy groups -OCH3 is 1. The zero-order chi connectivity index (χ0) is 24.1. The van der Waals surface area contributed by atoms with E-state index in [1.807, 2.05) is 31.3 Å². The van der Waals surface area contributed by atoms with Crippen LogP contribution in [0.1, 0.15) is 35.3 Å². The maximum Gasteiger partial charge on any atom is 0.311 e. The Morgan fingerprint density at radius 3 is 2.56 bits per heavy atom. The van der Waals surface area contributed by atoms with Crippen LogP contribution in [0.2, 0.25) is 0 Å². The minimum Gasteiger partial charge on any atom is -0.494 e. The number of nitrogens with one attached hydrogen (secondary N) is 2. The Balaban J connectivity index is 1.41. The molecule has 0 saturated heterocycles. The average Bonchev–Trinajstić information content (AvgIpc) is 3.30. The van der Waals surface area contributed by atoms with Crippen LogP contribution in [0, 0.1) is 5.41 Å². The summed E-state index contributed by atoms with van der Waals surface area (Å²) in [7, 11) is 3.36. The molecule has 3 aromatic rings. The van der Waals surface area contributed by atoms with Crippen molar-refractivity contribution in [1.82, 2.24) is 20.3 Å². The Morgan fingerprint density at radius 2 is 1.94 bits per heavy atom. The lowest BCUT2D eigenvalue weighted by Gasteiger charge is -2.37. The molecule has 10 nitrogen and oxygen atoms in total. The summed E-state index contributed by atoms with van der Waals surface area (Å²) in [5, 5.41) is 23.5. The van der Waals surface area contributed by atoms with Crippen LogP contribution in [0.3, 0.4) is 0 Å². The first kappa shape index (κ1) is 23.1. The summed E-state index contributed by atoms with van der Waals surface area (Å²) in [6, 6.07) is 12.5. The normalized spacial score (nSPS) is 14.1. The first-order valence-corrected chi connectivity index (χ1v) is 11.0. The number of ether oxygens (including phenoxy) is 2. The molecule has 1 aliphatic carbocycles. The van der Waals surface area contributed by atoms with E-state index in [9.17, 15) is 14.7 Å². The first-order valence-electron chi connectivity index (χ1n) is 11.0. The number of amides is 1. The maximum atomic E-state index is 12.6. The number of rotatable bonds is 10.